The molecule has 5 rings (SSSR count). The summed E-state index contributed by atoms with van der Waals surface area (Å²) in [6, 6.07) is 28.4. The van der Waals surface area contributed by atoms with Gasteiger partial charge in [-0.15, -0.1) is 11.8 Å². The maximum atomic E-state index is 13.9. The largest absolute Gasteiger partial charge is 0.461 e. The van der Waals surface area contributed by atoms with Gasteiger partial charge in [-0.3, -0.25) is 14.5 Å². The first-order valence-corrected chi connectivity index (χ1v) is 13.4. The van der Waals surface area contributed by atoms with Crippen molar-refractivity contribution in [1.29, 1.82) is 0 Å². The van der Waals surface area contributed by atoms with E-state index < -0.39 is 29.0 Å². The number of hydrogen-bond donors (Lipinski definition) is 1. The number of benzene rings is 3. The Labute approximate surface area is 225 Å². The Kier molecular flexibility index (Phi) is 7.35. The highest BCUT2D eigenvalue weighted by atomic mass is 32.2. The van der Waals surface area contributed by atoms with Gasteiger partial charge in [-0.25, -0.2) is 4.79 Å². The summed E-state index contributed by atoms with van der Waals surface area (Å²) in [6.07, 6.45) is -0.345. The molecule has 2 aliphatic heterocycles. The van der Waals surface area contributed by atoms with Crippen LogP contribution < -0.4 is 5.73 Å². The van der Waals surface area contributed by atoms with Crippen molar-refractivity contribution in [3.8, 4) is 0 Å². The molecule has 38 heavy (non-hydrogen) atoms. The highest BCUT2D eigenvalue weighted by Gasteiger charge is 2.62. The van der Waals surface area contributed by atoms with Crippen molar-refractivity contribution >= 4 is 29.6 Å². The van der Waals surface area contributed by atoms with E-state index in [1.807, 2.05) is 91.0 Å². The van der Waals surface area contributed by atoms with Gasteiger partial charge in [-0.2, -0.15) is 0 Å². The minimum absolute atomic E-state index is 0.103. The number of amides is 1. The average Bonchev–Trinajstić information content (AvgIpc) is 2.95. The van der Waals surface area contributed by atoms with Gasteiger partial charge in [0.25, 0.3) is 5.91 Å². The summed E-state index contributed by atoms with van der Waals surface area (Å²) in [7, 11) is 0. The number of β-lactam (4-membered cyclic amide) rings is 1. The van der Waals surface area contributed by atoms with Crippen LogP contribution in [0.3, 0.4) is 0 Å². The number of hydrogen-bond acceptors (Lipinski definition) is 7. The van der Waals surface area contributed by atoms with Crippen molar-refractivity contribution in [3.05, 3.63) is 119 Å². The summed E-state index contributed by atoms with van der Waals surface area (Å²) in [5.74, 6) is -1.12. The van der Waals surface area contributed by atoms with E-state index in [2.05, 4.69) is 0 Å². The minimum atomic E-state index is -1.16. The molecule has 2 atom stereocenters. The van der Waals surface area contributed by atoms with Crippen LogP contribution in [0.15, 0.2) is 102 Å². The fourth-order valence-corrected chi connectivity index (χ4v) is 6.26. The minimum Gasteiger partial charge on any atom is -0.461 e. The third-order valence-corrected chi connectivity index (χ3v) is 8.16. The zero-order chi connectivity index (χ0) is 26.7. The standard InChI is InChI=1S/C30H28N2O5S/c1-20(33)36-18-24-19-38-29-30(31,17-21-11-5-2-6-12-21)28(35)32(29)25(24)27(34)37-26(22-13-7-3-8-14-22)23-15-9-4-10-16-23/h2-16,26,29H,17-19,31H2,1H3/t29-,30+/m1/s1. The third kappa shape index (κ3) is 4.97. The zero-order valence-corrected chi connectivity index (χ0v) is 21.7. The average molecular weight is 529 g/mol. The summed E-state index contributed by atoms with van der Waals surface area (Å²) < 4.78 is 11.3. The van der Waals surface area contributed by atoms with E-state index in [0.717, 1.165) is 16.7 Å². The molecule has 0 radical (unpaired) electrons. The lowest BCUT2D eigenvalue weighted by Gasteiger charge is -2.56. The first-order valence-electron chi connectivity index (χ1n) is 12.3. The van der Waals surface area contributed by atoms with E-state index in [9.17, 15) is 14.4 Å². The molecule has 3 aromatic carbocycles. The van der Waals surface area contributed by atoms with Crippen molar-refractivity contribution in [1.82, 2.24) is 4.90 Å². The van der Waals surface area contributed by atoms with Crippen molar-refractivity contribution in [3.63, 3.8) is 0 Å². The number of esters is 2. The van der Waals surface area contributed by atoms with E-state index in [0.29, 0.717) is 17.7 Å². The van der Waals surface area contributed by atoms with Crippen LogP contribution >= 0.6 is 11.8 Å². The molecule has 1 fully saturated rings. The lowest BCUT2D eigenvalue weighted by molar-refractivity contribution is -0.158. The molecule has 194 valence electrons. The second kappa shape index (κ2) is 10.8. The van der Waals surface area contributed by atoms with Gasteiger partial charge in [0.05, 0.1) is 0 Å². The van der Waals surface area contributed by atoms with Gasteiger partial charge in [0.2, 0.25) is 0 Å². The molecule has 0 unspecified atom stereocenters. The Morgan fingerprint density at radius 3 is 2.08 bits per heavy atom. The fourth-order valence-electron chi connectivity index (χ4n) is 4.85. The van der Waals surface area contributed by atoms with Gasteiger partial charge < -0.3 is 15.2 Å². The molecule has 2 aliphatic rings. The highest BCUT2D eigenvalue weighted by Crippen LogP contribution is 2.47. The van der Waals surface area contributed by atoms with Crippen molar-refractivity contribution in [2.45, 2.75) is 30.4 Å². The Morgan fingerprint density at radius 2 is 1.53 bits per heavy atom. The predicted molar refractivity (Wildman–Crippen MR) is 145 cm³/mol. The quantitative estimate of drug-likeness (QED) is 0.349. The maximum Gasteiger partial charge on any atom is 0.356 e. The molecular formula is C30H28N2O5S. The molecular weight excluding hydrogens is 500 g/mol. The van der Waals surface area contributed by atoms with Gasteiger partial charge in [0.15, 0.2) is 6.10 Å². The van der Waals surface area contributed by atoms with Gasteiger partial charge in [0.1, 0.15) is 23.2 Å². The van der Waals surface area contributed by atoms with Crippen LogP contribution in [0.1, 0.15) is 29.7 Å². The SMILES string of the molecule is CC(=O)OCC1=C(C(=O)OC(c2ccccc2)c2ccccc2)N2C(=O)[C@@](N)(Cc3ccccc3)[C@H]2SC1. The Morgan fingerprint density at radius 1 is 0.974 bits per heavy atom. The second-order valence-electron chi connectivity index (χ2n) is 9.38. The maximum absolute atomic E-state index is 13.9. The van der Waals surface area contributed by atoms with Crippen LogP contribution in [0.25, 0.3) is 0 Å². The van der Waals surface area contributed by atoms with E-state index in [1.165, 1.54) is 23.6 Å². The van der Waals surface area contributed by atoms with Gasteiger partial charge in [-0.1, -0.05) is 91.0 Å². The monoisotopic (exact) mass is 528 g/mol. The molecule has 8 heteroatoms. The Hall–Kier alpha value is -3.88. The summed E-state index contributed by atoms with van der Waals surface area (Å²) in [6.45, 7) is 1.19. The van der Waals surface area contributed by atoms with Crippen molar-refractivity contribution < 1.29 is 23.9 Å². The van der Waals surface area contributed by atoms with E-state index >= 15 is 0 Å². The van der Waals surface area contributed by atoms with E-state index in [1.54, 1.807) is 0 Å². The molecule has 7 nitrogen and oxygen atoms in total. The number of nitrogens with two attached hydrogens (primary N) is 1. The molecule has 1 saturated heterocycles. The van der Waals surface area contributed by atoms with E-state index in [-0.39, 0.29) is 18.2 Å². The molecule has 0 aromatic heterocycles. The number of carbonyl (C=O) groups excluding carboxylic acids is 3. The first kappa shape index (κ1) is 25.8. The summed E-state index contributed by atoms with van der Waals surface area (Å²) in [5.41, 5.74) is 8.66. The molecule has 2 heterocycles. The van der Waals surface area contributed by atoms with Crippen LogP contribution in [0.4, 0.5) is 0 Å². The van der Waals surface area contributed by atoms with Gasteiger partial charge in [0, 0.05) is 24.7 Å². The fraction of sp³-hybridized carbons (Fsp3) is 0.233. The van der Waals surface area contributed by atoms with E-state index in [4.69, 9.17) is 15.2 Å². The first-order chi connectivity index (χ1) is 18.4. The summed E-state index contributed by atoms with van der Waals surface area (Å²) in [5, 5.41) is -0.453. The van der Waals surface area contributed by atoms with Gasteiger partial charge >= 0.3 is 11.9 Å². The molecule has 2 N–H and O–H groups in total. The number of carbonyl (C=O) groups is 3. The number of fused-ring (bicyclic) bond motifs is 1. The smallest absolute Gasteiger partial charge is 0.356 e. The topological polar surface area (TPSA) is 98.9 Å². The lowest BCUT2D eigenvalue weighted by Crippen LogP contribution is -2.78. The van der Waals surface area contributed by atoms with Gasteiger partial charge in [-0.05, 0) is 16.7 Å². The number of rotatable bonds is 8. The molecule has 3 aromatic rings. The highest BCUT2D eigenvalue weighted by molar-refractivity contribution is 8.00. The summed E-state index contributed by atoms with van der Waals surface area (Å²) in [4.78, 5) is 40.4. The molecule has 0 spiro atoms. The normalized spacial score (nSPS) is 20.6. The Bertz CT molecular complexity index is 1320. The number of nitrogens with zero attached hydrogens (tertiary/aromatic N) is 1. The van der Waals surface area contributed by atoms with Crippen LogP contribution in [0.5, 0.6) is 0 Å². The van der Waals surface area contributed by atoms with Crippen LogP contribution in [-0.4, -0.2) is 46.0 Å². The Balaban J connectivity index is 1.48. The molecule has 1 amide bonds. The second-order valence-corrected chi connectivity index (χ2v) is 10.4. The van der Waals surface area contributed by atoms with Crippen molar-refractivity contribution in [2.75, 3.05) is 12.4 Å². The van der Waals surface area contributed by atoms with Crippen molar-refractivity contribution in [2.24, 2.45) is 5.73 Å². The lowest BCUT2D eigenvalue weighted by atomic mass is 9.81. The molecule has 0 bridgehead atoms. The third-order valence-electron chi connectivity index (χ3n) is 6.70. The predicted octanol–water partition coefficient (Wildman–Crippen LogP) is 3.99. The number of ether oxygens (including phenoxy) is 2. The van der Waals surface area contributed by atoms with Crippen LogP contribution in [0.2, 0.25) is 0 Å². The molecule has 0 saturated carbocycles. The van der Waals surface area contributed by atoms with Crippen LogP contribution in [-0.2, 0) is 30.3 Å². The van der Waals surface area contributed by atoms with Crippen LogP contribution in [0, 0.1) is 0 Å². The number of thioether (sulfide) groups is 1. The molecule has 0 aliphatic carbocycles. The summed E-state index contributed by atoms with van der Waals surface area (Å²) >= 11 is 1.46. The zero-order valence-electron chi connectivity index (χ0n) is 20.9.